The largest absolute Gasteiger partial charge is 0.481 e. The fourth-order valence-electron chi connectivity index (χ4n) is 7.61. The number of carboxylic acids is 1. The topological polar surface area (TPSA) is 155 Å². The number of rotatable bonds is 6. The van der Waals surface area contributed by atoms with E-state index in [0.29, 0.717) is 50.2 Å². The number of carbonyl (C=O) groups excluding carboxylic acids is 3. The van der Waals surface area contributed by atoms with Gasteiger partial charge < -0.3 is 19.8 Å². The molecular formula is C35H38N4O6. The van der Waals surface area contributed by atoms with E-state index in [1.165, 1.54) is 7.11 Å². The van der Waals surface area contributed by atoms with Gasteiger partial charge in [0.15, 0.2) is 11.6 Å². The van der Waals surface area contributed by atoms with Crippen LogP contribution in [0.25, 0.3) is 22.1 Å². The number of aromatic nitrogens is 4. The van der Waals surface area contributed by atoms with Gasteiger partial charge >= 0.3 is 11.9 Å². The number of carboxylic acid groups (broad SMARTS) is 1. The number of nitrogens with one attached hydrogen (secondary N) is 2. The summed E-state index contributed by atoms with van der Waals surface area (Å²) in [5.74, 6) is -3.69. The van der Waals surface area contributed by atoms with Crippen molar-refractivity contribution in [3.8, 4) is 0 Å². The highest BCUT2D eigenvalue weighted by molar-refractivity contribution is 6.23. The molecule has 5 atom stereocenters. The van der Waals surface area contributed by atoms with Crippen molar-refractivity contribution in [1.29, 1.82) is 0 Å². The van der Waals surface area contributed by atoms with Crippen molar-refractivity contribution in [2.24, 2.45) is 0 Å². The van der Waals surface area contributed by atoms with Crippen LogP contribution in [0.3, 0.4) is 0 Å². The van der Waals surface area contributed by atoms with Crippen LogP contribution in [-0.2, 0) is 14.3 Å². The van der Waals surface area contributed by atoms with Crippen LogP contribution in [0.5, 0.6) is 0 Å². The number of aliphatic carboxylic acids is 1. The molecule has 0 saturated heterocycles. The highest BCUT2D eigenvalue weighted by Gasteiger charge is 2.45. The Morgan fingerprint density at radius 3 is 2.18 bits per heavy atom. The van der Waals surface area contributed by atoms with E-state index < -0.39 is 17.9 Å². The zero-order chi connectivity index (χ0) is 32.5. The molecule has 10 heteroatoms. The van der Waals surface area contributed by atoms with E-state index in [1.807, 2.05) is 39.0 Å². The number of ether oxygens (including phenoxy) is 1. The zero-order valence-electron chi connectivity index (χ0n) is 26.6. The lowest BCUT2D eigenvalue weighted by Gasteiger charge is -2.18. The number of H-pyrrole nitrogens is 2. The maximum absolute atomic E-state index is 14.0. The molecule has 1 aliphatic carbocycles. The highest BCUT2D eigenvalue weighted by atomic mass is 16.5. The van der Waals surface area contributed by atoms with Crippen molar-refractivity contribution in [3.63, 3.8) is 0 Å². The fourth-order valence-corrected chi connectivity index (χ4v) is 7.61. The predicted octanol–water partition coefficient (Wildman–Crippen LogP) is 6.64. The lowest BCUT2D eigenvalue weighted by atomic mass is 9.84. The fraction of sp³-hybridized carbons (Fsp3) is 0.429. The molecule has 0 aromatic carbocycles. The second-order valence-corrected chi connectivity index (χ2v) is 12.6. The summed E-state index contributed by atoms with van der Waals surface area (Å²) in [7, 11) is 1.25. The maximum Gasteiger partial charge on any atom is 0.321 e. The summed E-state index contributed by atoms with van der Waals surface area (Å²) in [5.41, 5.74) is 8.46. The van der Waals surface area contributed by atoms with Gasteiger partial charge in [0.2, 0.25) is 0 Å². The van der Waals surface area contributed by atoms with Gasteiger partial charge in [0.25, 0.3) is 0 Å². The minimum Gasteiger partial charge on any atom is -0.481 e. The molecule has 2 aliphatic heterocycles. The van der Waals surface area contributed by atoms with Crippen LogP contribution >= 0.6 is 0 Å². The van der Waals surface area contributed by atoms with Crippen molar-refractivity contribution in [1.82, 2.24) is 19.9 Å². The van der Waals surface area contributed by atoms with E-state index in [1.54, 1.807) is 6.92 Å². The van der Waals surface area contributed by atoms with E-state index in [-0.39, 0.29) is 48.1 Å². The number of esters is 1. The summed E-state index contributed by atoms with van der Waals surface area (Å²) in [6, 6.07) is 5.84. The second-order valence-electron chi connectivity index (χ2n) is 12.6. The third-order valence-electron chi connectivity index (χ3n) is 10.1. The first-order valence-corrected chi connectivity index (χ1v) is 15.5. The summed E-state index contributed by atoms with van der Waals surface area (Å²) < 4.78 is 5.13. The molecule has 5 heterocycles. The molecule has 8 bridgehead atoms. The predicted molar refractivity (Wildman–Crippen MR) is 169 cm³/mol. The smallest absolute Gasteiger partial charge is 0.321 e. The van der Waals surface area contributed by atoms with Crippen LogP contribution in [0.2, 0.25) is 0 Å². The monoisotopic (exact) mass is 610 g/mol. The first-order chi connectivity index (χ1) is 21.4. The molecule has 0 saturated carbocycles. The van der Waals surface area contributed by atoms with Gasteiger partial charge in [-0.3, -0.25) is 29.1 Å². The van der Waals surface area contributed by atoms with E-state index in [4.69, 9.17) is 14.7 Å². The Bertz CT molecular complexity index is 1970. The van der Waals surface area contributed by atoms with Gasteiger partial charge in [-0.25, -0.2) is 0 Å². The van der Waals surface area contributed by atoms with Gasteiger partial charge in [0.05, 0.1) is 23.8 Å². The van der Waals surface area contributed by atoms with Gasteiger partial charge in [-0.15, -0.1) is 0 Å². The van der Waals surface area contributed by atoms with Crippen molar-refractivity contribution < 1.29 is 29.0 Å². The third kappa shape index (κ3) is 4.69. The molecule has 234 valence electrons. The Morgan fingerprint density at radius 1 is 0.911 bits per heavy atom. The number of aromatic amines is 2. The molecule has 3 aliphatic rings. The van der Waals surface area contributed by atoms with E-state index in [9.17, 15) is 24.3 Å². The Hall–Kier alpha value is -4.60. The van der Waals surface area contributed by atoms with Gasteiger partial charge in [-0.1, -0.05) is 20.8 Å². The standard InChI is InChI=1S/C35H38N4O6/c1-8-19-14(2)21-13-26-28(18(6)40)16(4)23(37-26)11-22-15(3)20(9-10-27(41)42)32(38-22)30-31(35(44)45-7)34(43)29-17(5)24(39-33(29)30)12-25(19)36-21/h11-15,19-20,31,37,39H,8-10H2,1-7H3,(H,41,42)/t14-,15+,19?,20?,31-/m1/s1. The van der Waals surface area contributed by atoms with Crippen molar-refractivity contribution in [2.45, 2.75) is 90.4 Å². The molecule has 0 fully saturated rings. The molecule has 10 nitrogen and oxygen atoms in total. The van der Waals surface area contributed by atoms with Gasteiger partial charge in [0, 0.05) is 74.9 Å². The third-order valence-corrected chi connectivity index (χ3v) is 10.1. The number of hydrogen-bond donors (Lipinski definition) is 3. The molecule has 0 amide bonds. The average Bonchev–Trinajstić information content (AvgIpc) is 3.72. The van der Waals surface area contributed by atoms with Crippen LogP contribution in [0.15, 0.2) is 18.2 Å². The quantitative estimate of drug-likeness (QED) is 0.159. The Balaban J connectivity index is 1.81. The van der Waals surface area contributed by atoms with Crippen LogP contribution in [0.4, 0.5) is 0 Å². The van der Waals surface area contributed by atoms with Gasteiger partial charge in [-0.2, -0.15) is 0 Å². The molecule has 45 heavy (non-hydrogen) atoms. The molecule has 6 rings (SSSR count). The zero-order valence-corrected chi connectivity index (χ0v) is 26.6. The molecule has 3 N–H and O–H groups in total. The molecule has 0 radical (unpaired) electrons. The SMILES string of the molecule is CCC1c2cc3[nH]c4c(c3C)C(=O)[C@H](C(=O)OC)c4c3nc(cc4[nH]c(cc(n2)[C@@H]1C)c(C(C)=O)c4C)[C@@H](C)C3CCC(=O)O. The summed E-state index contributed by atoms with van der Waals surface area (Å²) in [4.78, 5) is 68.9. The van der Waals surface area contributed by atoms with E-state index in [2.05, 4.69) is 23.8 Å². The molecule has 3 aromatic rings. The number of nitrogens with zero attached hydrogens (tertiary/aromatic N) is 2. The Labute approximate surface area is 260 Å². The van der Waals surface area contributed by atoms with E-state index in [0.717, 1.165) is 28.9 Å². The lowest BCUT2D eigenvalue weighted by molar-refractivity contribution is -0.141. The Kier molecular flexibility index (Phi) is 7.49. The normalized spacial score (nSPS) is 22.1. The second kappa shape index (κ2) is 11.1. The number of hydrogen-bond acceptors (Lipinski definition) is 7. The number of aryl methyl sites for hydroxylation is 2. The molecule has 3 aromatic heterocycles. The summed E-state index contributed by atoms with van der Waals surface area (Å²) in [6.45, 7) is 11.5. The van der Waals surface area contributed by atoms with E-state index >= 15 is 0 Å². The minimum atomic E-state index is -1.22. The lowest BCUT2D eigenvalue weighted by Crippen LogP contribution is -2.21. The van der Waals surface area contributed by atoms with Gasteiger partial charge in [0.1, 0.15) is 5.92 Å². The first-order valence-electron chi connectivity index (χ1n) is 15.5. The minimum absolute atomic E-state index is 0.0719. The summed E-state index contributed by atoms with van der Waals surface area (Å²) in [6.07, 6.45) is 0.999. The first kappa shape index (κ1) is 30.4. The summed E-state index contributed by atoms with van der Waals surface area (Å²) >= 11 is 0. The van der Waals surface area contributed by atoms with Crippen LogP contribution in [0, 0.1) is 13.8 Å². The molecular weight excluding hydrogens is 572 g/mol. The summed E-state index contributed by atoms with van der Waals surface area (Å²) in [5, 5.41) is 9.60. The number of carbonyl (C=O) groups is 4. The maximum atomic E-state index is 14.0. The van der Waals surface area contributed by atoms with Crippen LogP contribution in [-0.4, -0.2) is 55.7 Å². The highest BCUT2D eigenvalue weighted by Crippen LogP contribution is 2.48. The number of fused-ring (bicyclic) bond motifs is 8. The Morgan fingerprint density at radius 2 is 1.53 bits per heavy atom. The van der Waals surface area contributed by atoms with Crippen molar-refractivity contribution >= 4 is 45.6 Å². The van der Waals surface area contributed by atoms with Crippen LogP contribution in [0.1, 0.15) is 137 Å². The molecule has 2 unspecified atom stereocenters. The number of methoxy groups -OCH3 is 1. The number of ketones is 2. The average molecular weight is 611 g/mol. The number of Topliss-reactive ketones (excluding diaryl/α,β-unsaturated/α-hetero) is 2. The van der Waals surface area contributed by atoms with Crippen LogP contribution < -0.4 is 0 Å². The molecule has 0 spiro atoms. The van der Waals surface area contributed by atoms with Gasteiger partial charge in [-0.05, 0) is 62.9 Å². The van der Waals surface area contributed by atoms with Crippen molar-refractivity contribution in [2.75, 3.05) is 7.11 Å². The van der Waals surface area contributed by atoms with Crippen molar-refractivity contribution in [3.05, 3.63) is 68.8 Å².